The molecule has 366 valence electrons. The quantitative estimate of drug-likeness (QED) is 0.0613. The van der Waals surface area contributed by atoms with Crippen LogP contribution in [0, 0.1) is 28.6 Å². The summed E-state index contributed by atoms with van der Waals surface area (Å²) in [5.41, 5.74) is 8.31. The molecule has 0 spiro atoms. The van der Waals surface area contributed by atoms with Crippen molar-refractivity contribution >= 4 is 48.6 Å². The number of aliphatic carboxylic acids is 2. The Kier molecular flexibility index (Phi) is 17.5. The van der Waals surface area contributed by atoms with E-state index in [1.807, 2.05) is 0 Å². The minimum atomic E-state index is -1.51. The number of amides is 5. The standard InChI is InChI=1S/C48H75BN6O11/c1-26(2)30-18-16-29(17-19-30)13-10-11-15-36(49-65-35-23-31-25-48(9,41(35)66-49)47(31,7)8)52-44(62)34-14-12-22-55(34)46(64)40(28(5)6)54-45(63)39(27(3)4)53-43(61)33(20-21-37(56)57)51-42(60)32(50)24-38(58)59/h16-19,26-28,31-36,39-41H,10-15,20-25,50H2,1-9H3,(H,51,60)(H,52,62)(H,53,61)(H,54,63)(H,56,57)(H,58,59)/t31-,32+,33+,34+,35-,36+,39+,40+,41-,48-/m1/s1. The highest BCUT2D eigenvalue weighted by molar-refractivity contribution is 6.47. The van der Waals surface area contributed by atoms with E-state index in [2.05, 4.69) is 80.2 Å². The Morgan fingerprint density at radius 1 is 0.818 bits per heavy atom. The van der Waals surface area contributed by atoms with Gasteiger partial charge in [0.05, 0.1) is 30.6 Å². The van der Waals surface area contributed by atoms with Gasteiger partial charge in [-0.1, -0.05) is 93.0 Å². The fraction of sp³-hybridized carbons (Fsp3) is 0.729. The van der Waals surface area contributed by atoms with Crippen LogP contribution >= 0.6 is 0 Å². The lowest BCUT2D eigenvalue weighted by molar-refractivity contribution is -0.220. The summed E-state index contributed by atoms with van der Waals surface area (Å²) in [6.45, 7) is 18.4. The molecule has 0 unspecified atom stereocenters. The van der Waals surface area contributed by atoms with Crippen LogP contribution in [0.5, 0.6) is 0 Å². The number of nitrogens with one attached hydrogen (secondary N) is 4. The zero-order valence-electron chi connectivity index (χ0n) is 40.4. The maximum atomic E-state index is 14.5. The Labute approximate surface area is 390 Å². The average molecular weight is 923 g/mol. The molecule has 5 aliphatic rings. The van der Waals surface area contributed by atoms with E-state index in [1.165, 1.54) is 16.0 Å². The van der Waals surface area contributed by atoms with E-state index < -0.39 is 104 Å². The normalized spacial score (nSPS) is 25.3. The van der Waals surface area contributed by atoms with Gasteiger partial charge < -0.3 is 51.4 Å². The molecule has 2 heterocycles. The molecule has 3 aliphatic carbocycles. The SMILES string of the molecule is CC(C)c1ccc(CCCC[C@H](NC(=O)[C@@H]2CCCN2C(=O)[C@@H](NC(=O)[C@@H](NC(=O)[C@H](CCC(=O)O)NC(=O)[C@@H](N)CC(=O)O)C(C)C)C(C)C)B2O[C@@H]3[C@@H](C[C@@H]4C[C@@]3(C)C4(C)C)O2)cc1. The highest BCUT2D eigenvalue weighted by atomic mass is 16.7. The van der Waals surface area contributed by atoms with Crippen LogP contribution in [0.3, 0.4) is 0 Å². The summed E-state index contributed by atoms with van der Waals surface area (Å²) in [6, 6.07) is 2.65. The van der Waals surface area contributed by atoms with E-state index in [9.17, 15) is 38.7 Å². The molecule has 6 rings (SSSR count). The maximum Gasteiger partial charge on any atom is 0.481 e. The van der Waals surface area contributed by atoms with Gasteiger partial charge in [0.25, 0.3) is 0 Å². The van der Waals surface area contributed by atoms with E-state index in [0.717, 1.165) is 32.1 Å². The van der Waals surface area contributed by atoms with Crippen molar-refractivity contribution in [3.8, 4) is 0 Å². The van der Waals surface area contributed by atoms with Crippen LogP contribution in [0.4, 0.5) is 0 Å². The number of benzene rings is 1. The molecule has 0 aromatic heterocycles. The van der Waals surface area contributed by atoms with Crippen LogP contribution in [-0.4, -0.2) is 119 Å². The summed E-state index contributed by atoms with van der Waals surface area (Å²) in [5.74, 6) is -6.32. The molecule has 0 radical (unpaired) electrons. The second kappa shape index (κ2) is 22.0. The highest BCUT2D eigenvalue weighted by Crippen LogP contribution is 2.69. The van der Waals surface area contributed by atoms with Crippen molar-refractivity contribution in [2.75, 3.05) is 6.54 Å². The van der Waals surface area contributed by atoms with Crippen LogP contribution < -0.4 is 27.0 Å². The van der Waals surface area contributed by atoms with Gasteiger partial charge in [-0.05, 0) is 91.6 Å². The van der Waals surface area contributed by atoms with Gasteiger partial charge >= 0.3 is 19.1 Å². The Balaban J connectivity index is 1.27. The number of likely N-dealkylation sites (tertiary alicyclic amines) is 1. The predicted octanol–water partition coefficient (Wildman–Crippen LogP) is 3.70. The number of aryl methyl sites for hydroxylation is 1. The Hall–Kier alpha value is -4.55. The highest BCUT2D eigenvalue weighted by Gasteiger charge is 2.69. The third-order valence-electron chi connectivity index (χ3n) is 15.1. The number of rotatable bonds is 23. The Bertz CT molecular complexity index is 1930. The Morgan fingerprint density at radius 3 is 2.06 bits per heavy atom. The molecule has 5 amide bonds. The van der Waals surface area contributed by atoms with Gasteiger partial charge in [0, 0.05) is 18.4 Å². The third kappa shape index (κ3) is 12.1. The van der Waals surface area contributed by atoms with E-state index in [1.54, 1.807) is 27.7 Å². The molecule has 1 aromatic carbocycles. The predicted molar refractivity (Wildman–Crippen MR) is 247 cm³/mol. The van der Waals surface area contributed by atoms with Gasteiger partial charge in [0.2, 0.25) is 29.5 Å². The lowest BCUT2D eigenvalue weighted by Gasteiger charge is -2.67. The summed E-state index contributed by atoms with van der Waals surface area (Å²) in [4.78, 5) is 93.1. The molecule has 66 heavy (non-hydrogen) atoms. The molecular formula is C48H75BN6O11. The number of carboxylic acid groups (broad SMARTS) is 2. The van der Waals surface area contributed by atoms with Crippen LogP contribution in [0.15, 0.2) is 24.3 Å². The van der Waals surface area contributed by atoms with Crippen LogP contribution in [0.1, 0.15) is 144 Å². The molecule has 2 aliphatic heterocycles. The van der Waals surface area contributed by atoms with Gasteiger partial charge in [-0.3, -0.25) is 33.6 Å². The molecule has 5 fully saturated rings. The average Bonchev–Trinajstić information content (AvgIpc) is 3.93. The molecule has 10 atom stereocenters. The van der Waals surface area contributed by atoms with Crippen molar-refractivity contribution in [3.05, 3.63) is 35.4 Å². The van der Waals surface area contributed by atoms with Gasteiger partial charge in [0.1, 0.15) is 24.2 Å². The number of carbonyl (C=O) groups excluding carboxylic acids is 5. The largest absolute Gasteiger partial charge is 0.481 e. The summed E-state index contributed by atoms with van der Waals surface area (Å²) in [5, 5.41) is 29.3. The van der Waals surface area contributed by atoms with Crippen molar-refractivity contribution in [2.45, 2.75) is 187 Å². The van der Waals surface area contributed by atoms with Crippen molar-refractivity contribution in [1.29, 1.82) is 0 Å². The summed E-state index contributed by atoms with van der Waals surface area (Å²) in [6.07, 6.45) is 4.47. The summed E-state index contributed by atoms with van der Waals surface area (Å²) < 4.78 is 13.5. The molecule has 8 N–H and O–H groups in total. The number of hydrogen-bond donors (Lipinski definition) is 7. The fourth-order valence-corrected chi connectivity index (χ4v) is 10.4. The van der Waals surface area contributed by atoms with Crippen molar-refractivity contribution in [3.63, 3.8) is 0 Å². The lowest BCUT2D eigenvalue weighted by atomic mass is 9.39. The third-order valence-corrected chi connectivity index (χ3v) is 15.1. The van der Waals surface area contributed by atoms with Crippen LogP contribution in [0.2, 0.25) is 0 Å². The minimum absolute atomic E-state index is 0.0379. The number of carbonyl (C=O) groups is 7. The number of nitrogens with zero attached hydrogens (tertiary/aromatic N) is 1. The zero-order valence-corrected chi connectivity index (χ0v) is 40.4. The second-order valence-electron chi connectivity index (χ2n) is 21.0. The van der Waals surface area contributed by atoms with Crippen molar-refractivity contribution < 1.29 is 53.1 Å². The smallest absolute Gasteiger partial charge is 0.481 e. The maximum absolute atomic E-state index is 14.5. The summed E-state index contributed by atoms with van der Waals surface area (Å²) >= 11 is 0. The van der Waals surface area contributed by atoms with Crippen molar-refractivity contribution in [1.82, 2.24) is 26.2 Å². The van der Waals surface area contributed by atoms with Crippen molar-refractivity contribution in [2.24, 2.45) is 34.3 Å². The van der Waals surface area contributed by atoms with Gasteiger partial charge in [-0.15, -0.1) is 0 Å². The number of hydrogen-bond acceptors (Lipinski definition) is 10. The van der Waals surface area contributed by atoms with E-state index in [0.29, 0.717) is 37.6 Å². The van der Waals surface area contributed by atoms with E-state index in [4.69, 9.17) is 20.1 Å². The molecule has 2 saturated heterocycles. The molecular weight excluding hydrogens is 847 g/mol. The molecule has 2 bridgehead atoms. The monoisotopic (exact) mass is 923 g/mol. The first-order valence-corrected chi connectivity index (χ1v) is 24.1. The first-order chi connectivity index (χ1) is 30.9. The van der Waals surface area contributed by atoms with Crippen LogP contribution in [0.25, 0.3) is 0 Å². The minimum Gasteiger partial charge on any atom is -0.481 e. The number of carboxylic acids is 2. The molecule has 17 nitrogen and oxygen atoms in total. The lowest BCUT2D eigenvalue weighted by Crippen LogP contribution is -2.66. The van der Waals surface area contributed by atoms with E-state index >= 15 is 0 Å². The first kappa shape index (κ1) is 52.4. The Morgan fingerprint density at radius 2 is 1.47 bits per heavy atom. The molecule has 1 aromatic rings. The zero-order chi connectivity index (χ0) is 48.8. The fourth-order valence-electron chi connectivity index (χ4n) is 10.4. The first-order valence-electron chi connectivity index (χ1n) is 24.1. The van der Waals surface area contributed by atoms with Gasteiger partial charge in [0.15, 0.2) is 0 Å². The van der Waals surface area contributed by atoms with Crippen LogP contribution in [-0.2, 0) is 49.3 Å². The van der Waals surface area contributed by atoms with E-state index in [-0.39, 0.29) is 35.4 Å². The second-order valence-corrected chi connectivity index (χ2v) is 21.0. The topological polar surface area (TPSA) is 256 Å². The molecule has 3 saturated carbocycles. The van der Waals surface area contributed by atoms with Gasteiger partial charge in [-0.2, -0.15) is 0 Å². The summed E-state index contributed by atoms with van der Waals surface area (Å²) in [7, 11) is -0.642. The van der Waals surface area contributed by atoms with Gasteiger partial charge in [-0.25, -0.2) is 0 Å². The molecule has 18 heteroatoms. The number of nitrogens with two attached hydrogens (primary N) is 1. The number of unbranched alkanes of at least 4 members (excludes halogenated alkanes) is 1.